The summed E-state index contributed by atoms with van der Waals surface area (Å²) in [5.74, 6) is 1.05. The van der Waals surface area contributed by atoms with E-state index in [1.165, 1.54) is 11.3 Å². The van der Waals surface area contributed by atoms with E-state index in [1.807, 2.05) is 18.2 Å². The van der Waals surface area contributed by atoms with Crippen LogP contribution in [0.2, 0.25) is 0 Å². The fourth-order valence-corrected chi connectivity index (χ4v) is 1.76. The molecular formula is C13H16N2. The van der Waals surface area contributed by atoms with Crippen molar-refractivity contribution in [2.75, 3.05) is 0 Å². The van der Waals surface area contributed by atoms with Crippen LogP contribution in [0.1, 0.15) is 19.0 Å². The minimum absolute atomic E-state index is 1.05. The molecule has 0 N–H and O–H groups in total. The molecule has 0 aliphatic carbocycles. The van der Waals surface area contributed by atoms with Crippen molar-refractivity contribution in [3.63, 3.8) is 0 Å². The average Bonchev–Trinajstić information content (AvgIpc) is 2.61. The molecule has 2 aromatic rings. The molecule has 0 aliphatic rings. The second kappa shape index (κ2) is 4.30. The smallest absolute Gasteiger partial charge is 0.139 e. The molecule has 1 aromatic heterocycles. The Hall–Kier alpha value is -1.57. The summed E-state index contributed by atoms with van der Waals surface area (Å²) in [5.41, 5.74) is 2.36. The standard InChI is InChI=1S/C13H16N2/c1-3-7-12-10-15(2)13(14-12)11-8-5-4-6-9-11/h4-6,8-10H,3,7H2,1-2H3. The van der Waals surface area contributed by atoms with Crippen LogP contribution in [0.4, 0.5) is 0 Å². The van der Waals surface area contributed by atoms with Gasteiger partial charge >= 0.3 is 0 Å². The van der Waals surface area contributed by atoms with Crippen molar-refractivity contribution in [3.8, 4) is 11.4 Å². The van der Waals surface area contributed by atoms with Crippen molar-refractivity contribution in [2.45, 2.75) is 19.8 Å². The quantitative estimate of drug-likeness (QED) is 0.744. The van der Waals surface area contributed by atoms with Gasteiger partial charge in [-0.05, 0) is 6.42 Å². The first kappa shape index (κ1) is 9.97. The van der Waals surface area contributed by atoms with Crippen LogP contribution >= 0.6 is 0 Å². The zero-order valence-corrected chi connectivity index (χ0v) is 9.27. The van der Waals surface area contributed by atoms with E-state index in [0.29, 0.717) is 0 Å². The molecule has 0 spiro atoms. The van der Waals surface area contributed by atoms with E-state index in [1.54, 1.807) is 0 Å². The van der Waals surface area contributed by atoms with Gasteiger partial charge in [0.25, 0.3) is 0 Å². The van der Waals surface area contributed by atoms with Crippen LogP contribution < -0.4 is 0 Å². The van der Waals surface area contributed by atoms with Gasteiger partial charge in [0.05, 0.1) is 5.69 Å². The molecule has 2 heteroatoms. The maximum absolute atomic E-state index is 4.63. The fraction of sp³-hybridized carbons (Fsp3) is 0.308. The first-order chi connectivity index (χ1) is 7.31. The largest absolute Gasteiger partial charge is 0.334 e. The van der Waals surface area contributed by atoms with Gasteiger partial charge in [-0.2, -0.15) is 0 Å². The minimum atomic E-state index is 1.05. The van der Waals surface area contributed by atoms with Crippen LogP contribution in [0.25, 0.3) is 11.4 Å². The summed E-state index contributed by atoms with van der Waals surface area (Å²) < 4.78 is 2.10. The molecule has 15 heavy (non-hydrogen) atoms. The van der Waals surface area contributed by atoms with Crippen LogP contribution in [0, 0.1) is 0 Å². The van der Waals surface area contributed by atoms with Crippen molar-refractivity contribution in [1.82, 2.24) is 9.55 Å². The van der Waals surface area contributed by atoms with E-state index in [-0.39, 0.29) is 0 Å². The van der Waals surface area contributed by atoms with Gasteiger partial charge in [-0.1, -0.05) is 43.7 Å². The van der Waals surface area contributed by atoms with Crippen LogP contribution in [-0.2, 0) is 13.5 Å². The fourth-order valence-electron chi connectivity index (χ4n) is 1.76. The Morgan fingerprint density at radius 1 is 1.20 bits per heavy atom. The van der Waals surface area contributed by atoms with Gasteiger partial charge in [0.2, 0.25) is 0 Å². The number of rotatable bonds is 3. The topological polar surface area (TPSA) is 17.8 Å². The van der Waals surface area contributed by atoms with E-state index in [4.69, 9.17) is 0 Å². The zero-order chi connectivity index (χ0) is 10.7. The Morgan fingerprint density at radius 3 is 2.60 bits per heavy atom. The maximum Gasteiger partial charge on any atom is 0.139 e. The van der Waals surface area contributed by atoms with Crippen LogP contribution in [0.15, 0.2) is 36.5 Å². The van der Waals surface area contributed by atoms with Gasteiger partial charge in [0.15, 0.2) is 0 Å². The number of benzene rings is 1. The van der Waals surface area contributed by atoms with E-state index in [0.717, 1.165) is 18.7 Å². The van der Waals surface area contributed by atoms with Crippen LogP contribution in [0.3, 0.4) is 0 Å². The summed E-state index contributed by atoms with van der Waals surface area (Å²) >= 11 is 0. The van der Waals surface area contributed by atoms with E-state index >= 15 is 0 Å². The summed E-state index contributed by atoms with van der Waals surface area (Å²) in [6, 6.07) is 10.3. The number of imidazole rings is 1. The first-order valence-electron chi connectivity index (χ1n) is 5.39. The molecular weight excluding hydrogens is 184 g/mol. The Bertz CT molecular complexity index is 429. The summed E-state index contributed by atoms with van der Waals surface area (Å²) in [4.78, 5) is 4.63. The molecule has 0 bridgehead atoms. The maximum atomic E-state index is 4.63. The Balaban J connectivity index is 2.36. The lowest BCUT2D eigenvalue weighted by Gasteiger charge is -1.99. The summed E-state index contributed by atoms with van der Waals surface area (Å²) in [7, 11) is 2.05. The third-order valence-corrected chi connectivity index (χ3v) is 2.46. The van der Waals surface area contributed by atoms with Crippen molar-refractivity contribution < 1.29 is 0 Å². The molecule has 0 saturated carbocycles. The van der Waals surface area contributed by atoms with Gasteiger partial charge in [0, 0.05) is 18.8 Å². The third kappa shape index (κ3) is 2.09. The average molecular weight is 200 g/mol. The number of nitrogens with zero attached hydrogens (tertiary/aromatic N) is 2. The van der Waals surface area contributed by atoms with E-state index in [2.05, 4.69) is 41.9 Å². The lowest BCUT2D eigenvalue weighted by Crippen LogP contribution is -1.90. The lowest BCUT2D eigenvalue weighted by molar-refractivity contribution is 0.885. The Labute approximate surface area is 90.6 Å². The van der Waals surface area contributed by atoms with E-state index < -0.39 is 0 Å². The van der Waals surface area contributed by atoms with Crippen molar-refractivity contribution in [1.29, 1.82) is 0 Å². The van der Waals surface area contributed by atoms with E-state index in [9.17, 15) is 0 Å². The SMILES string of the molecule is CCCc1cn(C)c(-c2ccccc2)n1. The van der Waals surface area contributed by atoms with Crippen LogP contribution in [0.5, 0.6) is 0 Å². The second-order valence-electron chi connectivity index (χ2n) is 3.78. The van der Waals surface area contributed by atoms with Crippen molar-refractivity contribution in [3.05, 3.63) is 42.2 Å². The monoisotopic (exact) mass is 200 g/mol. The molecule has 1 heterocycles. The predicted molar refractivity (Wildman–Crippen MR) is 62.6 cm³/mol. The highest BCUT2D eigenvalue weighted by Gasteiger charge is 2.05. The van der Waals surface area contributed by atoms with Crippen molar-refractivity contribution in [2.24, 2.45) is 7.05 Å². The Kier molecular flexibility index (Phi) is 2.86. The van der Waals surface area contributed by atoms with Crippen molar-refractivity contribution >= 4 is 0 Å². The number of hydrogen-bond acceptors (Lipinski definition) is 1. The highest BCUT2D eigenvalue weighted by molar-refractivity contribution is 5.55. The molecule has 0 saturated heterocycles. The highest BCUT2D eigenvalue weighted by Crippen LogP contribution is 2.17. The molecule has 78 valence electrons. The van der Waals surface area contributed by atoms with Gasteiger partial charge in [0.1, 0.15) is 5.82 Å². The molecule has 0 radical (unpaired) electrons. The van der Waals surface area contributed by atoms with Crippen LogP contribution in [-0.4, -0.2) is 9.55 Å². The molecule has 0 aliphatic heterocycles. The first-order valence-corrected chi connectivity index (χ1v) is 5.39. The second-order valence-corrected chi connectivity index (χ2v) is 3.78. The van der Waals surface area contributed by atoms with Gasteiger partial charge in [-0.3, -0.25) is 0 Å². The van der Waals surface area contributed by atoms with Gasteiger partial charge in [-0.15, -0.1) is 0 Å². The molecule has 2 rings (SSSR count). The number of hydrogen-bond donors (Lipinski definition) is 0. The third-order valence-electron chi connectivity index (χ3n) is 2.46. The van der Waals surface area contributed by atoms with Gasteiger partial charge < -0.3 is 4.57 Å². The normalized spacial score (nSPS) is 10.5. The number of aromatic nitrogens is 2. The minimum Gasteiger partial charge on any atom is -0.334 e. The molecule has 0 fully saturated rings. The Morgan fingerprint density at radius 2 is 1.93 bits per heavy atom. The summed E-state index contributed by atoms with van der Waals surface area (Å²) in [6.07, 6.45) is 4.32. The highest BCUT2D eigenvalue weighted by atomic mass is 15.0. The predicted octanol–water partition coefficient (Wildman–Crippen LogP) is 3.04. The molecule has 0 unspecified atom stereocenters. The number of aryl methyl sites for hydroxylation is 2. The van der Waals surface area contributed by atoms with Gasteiger partial charge in [-0.25, -0.2) is 4.98 Å². The molecule has 0 atom stereocenters. The summed E-state index contributed by atoms with van der Waals surface area (Å²) in [6.45, 7) is 2.18. The lowest BCUT2D eigenvalue weighted by atomic mass is 10.2. The molecule has 2 nitrogen and oxygen atoms in total. The summed E-state index contributed by atoms with van der Waals surface area (Å²) in [5, 5.41) is 0. The zero-order valence-electron chi connectivity index (χ0n) is 9.27. The molecule has 0 amide bonds. The molecule has 1 aromatic carbocycles.